The number of carbonyl (C=O) groups is 1. The number of ether oxygens (including phenoxy) is 1. The molecule has 0 aromatic carbocycles. The number of piperidine rings is 1. The SMILES string of the molecule is C=C(N=c1c(N)ncc(-c2cc(C(=O)OCC)cs2)n1C)[C@H]1CCCNC1. The third kappa shape index (κ3) is 4.28. The molecule has 2 aromatic rings. The van der Waals surface area contributed by atoms with E-state index in [0.29, 0.717) is 29.4 Å². The Morgan fingerprint density at radius 3 is 3.11 bits per heavy atom. The van der Waals surface area contributed by atoms with Crippen molar-refractivity contribution in [2.24, 2.45) is 18.0 Å². The Morgan fingerprint density at radius 1 is 1.59 bits per heavy atom. The van der Waals surface area contributed by atoms with Gasteiger partial charge in [-0.05, 0) is 32.4 Å². The van der Waals surface area contributed by atoms with Gasteiger partial charge in [0.15, 0.2) is 11.3 Å². The summed E-state index contributed by atoms with van der Waals surface area (Å²) in [4.78, 5) is 21.8. The van der Waals surface area contributed by atoms with Crippen LogP contribution in [0, 0.1) is 5.92 Å². The monoisotopic (exact) mass is 387 g/mol. The number of nitrogens with zero attached hydrogens (tertiary/aromatic N) is 3. The van der Waals surface area contributed by atoms with Crippen molar-refractivity contribution in [2.75, 3.05) is 25.4 Å². The van der Waals surface area contributed by atoms with Gasteiger partial charge in [-0.2, -0.15) is 0 Å². The number of nitrogens with two attached hydrogens (primary N) is 1. The predicted molar refractivity (Wildman–Crippen MR) is 107 cm³/mol. The summed E-state index contributed by atoms with van der Waals surface area (Å²) in [7, 11) is 1.89. The first-order valence-corrected chi connectivity index (χ1v) is 9.91. The average molecular weight is 388 g/mol. The number of nitrogens with one attached hydrogen (secondary N) is 1. The lowest BCUT2D eigenvalue weighted by atomic mass is 9.97. The zero-order valence-electron chi connectivity index (χ0n) is 15.7. The van der Waals surface area contributed by atoms with Crippen LogP contribution >= 0.6 is 11.3 Å². The summed E-state index contributed by atoms with van der Waals surface area (Å²) in [6, 6.07) is 1.81. The molecule has 0 unspecified atom stereocenters. The van der Waals surface area contributed by atoms with Crippen molar-refractivity contribution in [3.8, 4) is 10.6 Å². The minimum atomic E-state index is -0.325. The highest BCUT2D eigenvalue weighted by molar-refractivity contribution is 7.13. The molecule has 1 aliphatic rings. The van der Waals surface area contributed by atoms with E-state index in [0.717, 1.165) is 42.2 Å². The Kier molecular flexibility index (Phi) is 6.08. The molecule has 0 radical (unpaired) electrons. The molecule has 0 amide bonds. The fourth-order valence-corrected chi connectivity index (χ4v) is 4.00. The second-order valence-corrected chi connectivity index (χ2v) is 7.39. The summed E-state index contributed by atoms with van der Waals surface area (Å²) in [5.74, 6) is 0.335. The van der Waals surface area contributed by atoms with Crippen LogP contribution in [0.15, 0.2) is 34.9 Å². The van der Waals surface area contributed by atoms with Gasteiger partial charge in [0.1, 0.15) is 0 Å². The van der Waals surface area contributed by atoms with Gasteiger partial charge >= 0.3 is 5.97 Å². The lowest BCUT2D eigenvalue weighted by Crippen LogP contribution is -2.31. The third-order valence-corrected chi connectivity index (χ3v) is 5.57. The van der Waals surface area contributed by atoms with Gasteiger partial charge in [0, 0.05) is 30.6 Å². The summed E-state index contributed by atoms with van der Waals surface area (Å²) in [5.41, 5.74) is 8.84. The number of aromatic nitrogens is 2. The molecule has 144 valence electrons. The molecule has 2 aromatic heterocycles. The summed E-state index contributed by atoms with van der Waals surface area (Å²) in [6.45, 7) is 8.20. The van der Waals surface area contributed by atoms with Gasteiger partial charge in [0.05, 0.1) is 28.9 Å². The minimum Gasteiger partial charge on any atom is -0.462 e. The quantitative estimate of drug-likeness (QED) is 0.768. The number of esters is 1. The maximum atomic E-state index is 11.9. The van der Waals surface area contributed by atoms with Gasteiger partial charge in [-0.1, -0.05) is 6.58 Å². The topological polar surface area (TPSA) is 94.5 Å². The number of rotatable bonds is 5. The average Bonchev–Trinajstić information content (AvgIpc) is 3.16. The van der Waals surface area contributed by atoms with E-state index in [4.69, 9.17) is 15.5 Å². The van der Waals surface area contributed by atoms with Crippen molar-refractivity contribution >= 4 is 23.1 Å². The first-order valence-electron chi connectivity index (χ1n) is 9.03. The van der Waals surface area contributed by atoms with Crippen molar-refractivity contribution in [1.82, 2.24) is 14.9 Å². The zero-order valence-corrected chi connectivity index (χ0v) is 16.5. The first kappa shape index (κ1) is 19.3. The Labute approximate surface area is 162 Å². The number of hydrogen-bond donors (Lipinski definition) is 2. The van der Waals surface area contributed by atoms with Crippen molar-refractivity contribution < 1.29 is 9.53 Å². The molecule has 3 N–H and O–H groups in total. The van der Waals surface area contributed by atoms with Gasteiger partial charge in [-0.3, -0.25) is 0 Å². The number of nitrogen functional groups attached to an aromatic ring is 1. The maximum absolute atomic E-state index is 11.9. The highest BCUT2D eigenvalue weighted by Gasteiger charge is 2.17. The smallest absolute Gasteiger partial charge is 0.338 e. The summed E-state index contributed by atoms with van der Waals surface area (Å²) < 4.78 is 6.95. The Balaban J connectivity index is 1.95. The van der Waals surface area contributed by atoms with Crippen LogP contribution in [0.3, 0.4) is 0 Å². The van der Waals surface area contributed by atoms with Crippen LogP contribution in [0.1, 0.15) is 30.1 Å². The predicted octanol–water partition coefficient (Wildman–Crippen LogP) is 2.32. The van der Waals surface area contributed by atoms with E-state index in [2.05, 4.69) is 16.9 Å². The molecule has 3 rings (SSSR count). The van der Waals surface area contributed by atoms with Crippen LogP contribution in [0.2, 0.25) is 0 Å². The van der Waals surface area contributed by atoms with Gasteiger partial charge in [-0.25, -0.2) is 14.8 Å². The maximum Gasteiger partial charge on any atom is 0.338 e. The van der Waals surface area contributed by atoms with E-state index in [1.165, 1.54) is 11.3 Å². The minimum absolute atomic E-state index is 0.305. The molecule has 1 atom stereocenters. The molecule has 0 bridgehead atoms. The second kappa shape index (κ2) is 8.49. The summed E-state index contributed by atoms with van der Waals surface area (Å²) in [6.07, 6.45) is 3.88. The third-order valence-electron chi connectivity index (χ3n) is 4.61. The van der Waals surface area contributed by atoms with E-state index in [9.17, 15) is 4.79 Å². The molecule has 7 nitrogen and oxygen atoms in total. The van der Waals surface area contributed by atoms with Crippen LogP contribution in [-0.4, -0.2) is 35.2 Å². The standard InChI is InChI=1S/C19H25N5O2S/c1-4-26-19(25)14-8-16(27-11-14)15-10-22-17(20)18(24(15)3)23-12(2)13-6-5-7-21-9-13/h8,10-11,13,21H,2,4-7,9H2,1,3H3,(H2,20,22)/t13-/m0/s1. The molecule has 1 saturated heterocycles. The molecule has 1 aliphatic heterocycles. The van der Waals surface area contributed by atoms with Crippen molar-refractivity contribution in [3.05, 3.63) is 41.0 Å². The van der Waals surface area contributed by atoms with E-state index in [-0.39, 0.29) is 5.97 Å². The van der Waals surface area contributed by atoms with Crippen molar-refractivity contribution in [2.45, 2.75) is 19.8 Å². The number of anilines is 1. The van der Waals surface area contributed by atoms with E-state index in [1.807, 2.05) is 11.6 Å². The van der Waals surface area contributed by atoms with Crippen LogP contribution in [-0.2, 0) is 11.8 Å². The summed E-state index contributed by atoms with van der Waals surface area (Å²) in [5, 5.41) is 5.16. The Bertz CT molecular complexity index is 909. The van der Waals surface area contributed by atoms with E-state index >= 15 is 0 Å². The molecule has 0 aliphatic carbocycles. The van der Waals surface area contributed by atoms with Crippen LogP contribution < -0.4 is 16.5 Å². The number of carbonyl (C=O) groups excluding carboxylic acids is 1. The normalized spacial score (nSPS) is 17.7. The van der Waals surface area contributed by atoms with Gasteiger partial charge in [0.2, 0.25) is 0 Å². The molecule has 8 heteroatoms. The zero-order chi connectivity index (χ0) is 19.4. The molecular formula is C19H25N5O2S. The molecule has 0 spiro atoms. The van der Waals surface area contributed by atoms with Crippen molar-refractivity contribution in [1.29, 1.82) is 0 Å². The van der Waals surface area contributed by atoms with Gasteiger partial charge in [0.25, 0.3) is 0 Å². The fraction of sp³-hybridized carbons (Fsp3) is 0.421. The van der Waals surface area contributed by atoms with Gasteiger partial charge in [-0.15, -0.1) is 11.3 Å². The Hall–Kier alpha value is -2.45. The summed E-state index contributed by atoms with van der Waals surface area (Å²) >= 11 is 1.46. The highest BCUT2D eigenvalue weighted by Crippen LogP contribution is 2.26. The fourth-order valence-electron chi connectivity index (χ4n) is 3.08. The van der Waals surface area contributed by atoms with E-state index < -0.39 is 0 Å². The molecular weight excluding hydrogens is 362 g/mol. The highest BCUT2D eigenvalue weighted by atomic mass is 32.1. The van der Waals surface area contributed by atoms with Crippen LogP contribution in [0.25, 0.3) is 10.6 Å². The number of thiophene rings is 1. The lowest BCUT2D eigenvalue weighted by molar-refractivity contribution is 0.0527. The molecule has 1 fully saturated rings. The second-order valence-electron chi connectivity index (χ2n) is 6.48. The van der Waals surface area contributed by atoms with Gasteiger partial charge < -0.3 is 20.4 Å². The van der Waals surface area contributed by atoms with Crippen LogP contribution in [0.5, 0.6) is 0 Å². The molecule has 3 heterocycles. The van der Waals surface area contributed by atoms with E-state index in [1.54, 1.807) is 24.6 Å². The van der Waals surface area contributed by atoms with Crippen LogP contribution in [0.4, 0.5) is 5.82 Å². The number of hydrogen-bond acceptors (Lipinski definition) is 7. The Morgan fingerprint density at radius 2 is 2.41 bits per heavy atom. The first-order chi connectivity index (χ1) is 13.0. The molecule has 0 saturated carbocycles. The lowest BCUT2D eigenvalue weighted by Gasteiger charge is -2.22. The molecule has 27 heavy (non-hydrogen) atoms. The largest absolute Gasteiger partial charge is 0.462 e. The van der Waals surface area contributed by atoms with Crippen molar-refractivity contribution in [3.63, 3.8) is 0 Å².